The number of hydrogen-bond donors (Lipinski definition) is 0. The van der Waals surface area contributed by atoms with Gasteiger partial charge in [0.25, 0.3) is 0 Å². The highest BCUT2D eigenvalue weighted by atomic mass is 79.9. The molecular weight excluding hydrogens is 303 g/mol. The van der Waals surface area contributed by atoms with Crippen LogP contribution in [0.3, 0.4) is 0 Å². The molecule has 0 aliphatic carbocycles. The van der Waals surface area contributed by atoms with Crippen LogP contribution in [0, 0.1) is 0 Å². The minimum Gasteiger partial charge on any atom is -0.457 e. The second-order valence-electron chi connectivity index (χ2n) is 3.44. The van der Waals surface area contributed by atoms with Crippen LogP contribution in [0.25, 0.3) is 0 Å². The lowest BCUT2D eigenvalue weighted by molar-refractivity contribution is -0.0788. The maximum atomic E-state index is 11.7. The van der Waals surface area contributed by atoms with Crippen LogP contribution in [0.5, 0.6) is 11.5 Å². The molecule has 92 valence electrons. The van der Waals surface area contributed by atoms with Crippen molar-refractivity contribution in [3.05, 3.63) is 58.6 Å². The molecule has 0 fully saturated rings. The molecule has 3 nitrogen and oxygen atoms in total. The van der Waals surface area contributed by atoms with Crippen molar-refractivity contribution in [2.75, 3.05) is 0 Å². The Labute approximate surface area is 111 Å². The predicted octanol–water partition coefficient (Wildman–Crippen LogP) is 4.28. The first kappa shape index (κ1) is 12.6. The maximum absolute atomic E-state index is 11.7. The monoisotopic (exact) mass is 310 g/mol. The summed E-state index contributed by atoms with van der Waals surface area (Å²) < 4.78 is 18.2. The van der Waals surface area contributed by atoms with Crippen LogP contribution in [-0.4, -0.2) is 5.97 Å². The Hall–Kier alpha value is -1.88. The van der Waals surface area contributed by atoms with Gasteiger partial charge in [-0.2, -0.15) is 0 Å². The normalized spacial score (nSPS) is 9.89. The standard InChI is InChI=1S/C13H8BrFO3/c14-10-3-7-12(8-4-10)17-11-5-1-9(2-6-11)13(16)18-15/h1-8H. The van der Waals surface area contributed by atoms with E-state index < -0.39 is 5.97 Å². The molecule has 0 aromatic heterocycles. The van der Waals surface area contributed by atoms with Gasteiger partial charge in [-0.05, 0) is 48.5 Å². The molecule has 2 aromatic rings. The third-order valence-corrected chi connectivity index (χ3v) is 2.74. The fraction of sp³-hybridized carbons (Fsp3) is 0. The number of rotatable bonds is 3. The van der Waals surface area contributed by atoms with Crippen LogP contribution in [-0.2, 0) is 4.94 Å². The molecule has 0 N–H and O–H groups in total. The molecule has 0 atom stereocenters. The Morgan fingerprint density at radius 1 is 0.944 bits per heavy atom. The van der Waals surface area contributed by atoms with Gasteiger partial charge >= 0.3 is 5.97 Å². The van der Waals surface area contributed by atoms with Gasteiger partial charge in [0.05, 0.1) is 5.56 Å². The third-order valence-electron chi connectivity index (χ3n) is 2.21. The van der Waals surface area contributed by atoms with Crippen molar-refractivity contribution in [3.8, 4) is 11.5 Å². The maximum Gasteiger partial charge on any atom is 0.379 e. The van der Waals surface area contributed by atoms with E-state index >= 15 is 0 Å². The molecule has 0 spiro atoms. The summed E-state index contributed by atoms with van der Waals surface area (Å²) in [6.45, 7) is 0. The summed E-state index contributed by atoms with van der Waals surface area (Å²) in [6.07, 6.45) is 0. The van der Waals surface area contributed by atoms with E-state index in [1.165, 1.54) is 12.1 Å². The van der Waals surface area contributed by atoms with Crippen molar-refractivity contribution >= 4 is 21.9 Å². The smallest absolute Gasteiger partial charge is 0.379 e. The topological polar surface area (TPSA) is 35.5 Å². The molecule has 18 heavy (non-hydrogen) atoms. The molecular formula is C13H8BrFO3. The number of ether oxygens (including phenoxy) is 1. The second-order valence-corrected chi connectivity index (χ2v) is 4.36. The van der Waals surface area contributed by atoms with Crippen LogP contribution in [0.4, 0.5) is 4.53 Å². The molecule has 0 amide bonds. The fourth-order valence-corrected chi connectivity index (χ4v) is 1.61. The largest absolute Gasteiger partial charge is 0.457 e. The van der Waals surface area contributed by atoms with Gasteiger partial charge in [-0.3, -0.25) is 0 Å². The van der Waals surface area contributed by atoms with Gasteiger partial charge in [0.1, 0.15) is 11.5 Å². The molecule has 0 saturated heterocycles. The zero-order valence-corrected chi connectivity index (χ0v) is 10.7. The highest BCUT2D eigenvalue weighted by Crippen LogP contribution is 2.23. The van der Waals surface area contributed by atoms with E-state index in [0.717, 1.165) is 4.47 Å². The van der Waals surface area contributed by atoms with E-state index in [2.05, 4.69) is 20.9 Å². The number of hydrogen-bond acceptors (Lipinski definition) is 3. The first-order valence-electron chi connectivity index (χ1n) is 5.05. The van der Waals surface area contributed by atoms with Crippen molar-refractivity contribution in [3.63, 3.8) is 0 Å². The van der Waals surface area contributed by atoms with Gasteiger partial charge in [0, 0.05) is 9.00 Å². The van der Waals surface area contributed by atoms with Gasteiger partial charge in [-0.1, -0.05) is 15.9 Å². The van der Waals surface area contributed by atoms with E-state index in [-0.39, 0.29) is 5.56 Å². The van der Waals surface area contributed by atoms with Crippen LogP contribution in [0.15, 0.2) is 53.0 Å². The van der Waals surface area contributed by atoms with Crippen LogP contribution in [0.1, 0.15) is 10.4 Å². The summed E-state index contributed by atoms with van der Waals surface area (Å²) in [5.41, 5.74) is 0.126. The number of carbonyl (C=O) groups excluding carboxylic acids is 1. The van der Waals surface area contributed by atoms with Crippen molar-refractivity contribution in [2.45, 2.75) is 0 Å². The molecule has 2 rings (SSSR count). The quantitative estimate of drug-likeness (QED) is 0.848. The Morgan fingerprint density at radius 3 is 1.94 bits per heavy atom. The predicted molar refractivity (Wildman–Crippen MR) is 67.2 cm³/mol. The zero-order valence-electron chi connectivity index (χ0n) is 9.10. The Morgan fingerprint density at radius 2 is 1.44 bits per heavy atom. The Bertz CT molecular complexity index is 537. The van der Waals surface area contributed by atoms with E-state index in [1.807, 2.05) is 12.1 Å². The first-order valence-corrected chi connectivity index (χ1v) is 5.85. The lowest BCUT2D eigenvalue weighted by Gasteiger charge is -2.05. The third kappa shape index (κ3) is 3.07. The minimum absolute atomic E-state index is 0.126. The molecule has 0 saturated carbocycles. The fourth-order valence-electron chi connectivity index (χ4n) is 1.34. The van der Waals surface area contributed by atoms with E-state index in [4.69, 9.17) is 4.74 Å². The molecule has 0 heterocycles. The first-order chi connectivity index (χ1) is 8.69. The number of carbonyl (C=O) groups is 1. The number of halogens is 2. The molecule has 2 aromatic carbocycles. The van der Waals surface area contributed by atoms with Gasteiger partial charge in [0.2, 0.25) is 0 Å². The molecule has 5 heteroatoms. The lowest BCUT2D eigenvalue weighted by Crippen LogP contribution is -1.97. The second kappa shape index (κ2) is 5.64. The van der Waals surface area contributed by atoms with Gasteiger partial charge in [-0.15, -0.1) is 0 Å². The summed E-state index contributed by atoms with van der Waals surface area (Å²) in [5, 5.41) is 0. The van der Waals surface area contributed by atoms with Crippen LogP contribution in [0.2, 0.25) is 0 Å². The summed E-state index contributed by atoms with van der Waals surface area (Å²) in [5.74, 6) is 0.192. The minimum atomic E-state index is -1.02. The highest BCUT2D eigenvalue weighted by molar-refractivity contribution is 9.10. The van der Waals surface area contributed by atoms with Gasteiger partial charge in [0.15, 0.2) is 0 Å². The van der Waals surface area contributed by atoms with Crippen molar-refractivity contribution in [2.24, 2.45) is 0 Å². The van der Waals surface area contributed by atoms with Gasteiger partial charge in [-0.25, -0.2) is 9.74 Å². The van der Waals surface area contributed by atoms with Crippen LogP contribution < -0.4 is 4.74 Å². The Kier molecular flexibility index (Phi) is 3.94. The van der Waals surface area contributed by atoms with Crippen LogP contribution >= 0.6 is 15.9 Å². The molecule has 0 unspecified atom stereocenters. The van der Waals surface area contributed by atoms with Crippen molar-refractivity contribution < 1.29 is 19.0 Å². The summed E-state index contributed by atoms with van der Waals surface area (Å²) in [6, 6.07) is 13.3. The molecule has 0 aliphatic rings. The van der Waals surface area contributed by atoms with E-state index in [1.54, 1.807) is 24.3 Å². The molecule has 0 aliphatic heterocycles. The van der Waals surface area contributed by atoms with Crippen molar-refractivity contribution in [1.82, 2.24) is 0 Å². The summed E-state index contributed by atoms with van der Waals surface area (Å²) in [7, 11) is 0. The SMILES string of the molecule is O=C(OF)c1ccc(Oc2ccc(Br)cc2)cc1. The lowest BCUT2D eigenvalue weighted by atomic mass is 10.2. The summed E-state index contributed by atoms with van der Waals surface area (Å²) >= 11 is 3.32. The molecule has 0 bridgehead atoms. The zero-order chi connectivity index (χ0) is 13.0. The van der Waals surface area contributed by atoms with Crippen molar-refractivity contribution in [1.29, 1.82) is 0 Å². The Balaban J connectivity index is 2.10. The van der Waals surface area contributed by atoms with E-state index in [0.29, 0.717) is 11.5 Å². The number of benzene rings is 2. The summed E-state index contributed by atoms with van der Waals surface area (Å²) in [4.78, 5) is 14.0. The average Bonchev–Trinajstić information content (AvgIpc) is 2.41. The van der Waals surface area contributed by atoms with E-state index in [9.17, 15) is 9.32 Å². The molecule has 0 radical (unpaired) electrons. The van der Waals surface area contributed by atoms with Gasteiger partial charge < -0.3 is 4.74 Å². The highest BCUT2D eigenvalue weighted by Gasteiger charge is 2.07. The average molecular weight is 311 g/mol.